The normalized spacial score (nSPS) is 11.8. The Morgan fingerprint density at radius 1 is 0.958 bits per heavy atom. The molecule has 3 nitrogen and oxygen atoms in total. The SMILES string of the molecule is COc1ccccc1NC(=S)NC(C)c1cccc2ccccc12. The second-order valence-electron chi connectivity index (χ2n) is 5.59. The number of hydrogen-bond donors (Lipinski definition) is 2. The number of benzene rings is 3. The molecule has 0 aliphatic heterocycles. The molecule has 4 heteroatoms. The van der Waals surface area contributed by atoms with Crippen molar-refractivity contribution in [1.82, 2.24) is 5.32 Å². The third-order valence-electron chi connectivity index (χ3n) is 3.99. The number of hydrogen-bond acceptors (Lipinski definition) is 2. The molecule has 0 saturated carbocycles. The average Bonchev–Trinajstić information content (AvgIpc) is 2.61. The molecular weight excluding hydrogens is 316 g/mol. The van der Waals surface area contributed by atoms with E-state index in [-0.39, 0.29) is 6.04 Å². The van der Waals surface area contributed by atoms with Crippen LogP contribution in [0.5, 0.6) is 5.75 Å². The number of anilines is 1. The number of rotatable bonds is 4. The zero-order valence-corrected chi connectivity index (χ0v) is 14.6. The number of ether oxygens (including phenoxy) is 1. The summed E-state index contributed by atoms with van der Waals surface area (Å²) in [6.45, 7) is 2.11. The Balaban J connectivity index is 1.76. The molecule has 0 amide bonds. The summed E-state index contributed by atoms with van der Waals surface area (Å²) >= 11 is 5.46. The van der Waals surface area contributed by atoms with Crippen LogP contribution in [0.4, 0.5) is 5.69 Å². The summed E-state index contributed by atoms with van der Waals surface area (Å²) in [6, 6.07) is 22.5. The predicted octanol–water partition coefficient (Wildman–Crippen LogP) is 4.90. The molecule has 0 radical (unpaired) electrons. The van der Waals surface area contributed by atoms with Gasteiger partial charge in [-0.05, 0) is 47.6 Å². The minimum absolute atomic E-state index is 0.0887. The highest BCUT2D eigenvalue weighted by Gasteiger charge is 2.11. The van der Waals surface area contributed by atoms with E-state index in [1.54, 1.807) is 7.11 Å². The molecular formula is C20H20N2OS. The highest BCUT2D eigenvalue weighted by Crippen LogP contribution is 2.25. The average molecular weight is 336 g/mol. The fourth-order valence-electron chi connectivity index (χ4n) is 2.81. The van der Waals surface area contributed by atoms with E-state index in [1.165, 1.54) is 16.3 Å². The first kappa shape index (κ1) is 16.3. The lowest BCUT2D eigenvalue weighted by molar-refractivity contribution is 0.417. The zero-order valence-electron chi connectivity index (χ0n) is 13.7. The van der Waals surface area contributed by atoms with Crippen LogP contribution >= 0.6 is 12.2 Å². The summed E-state index contributed by atoms with van der Waals surface area (Å²) in [7, 11) is 1.65. The van der Waals surface area contributed by atoms with Crippen LogP contribution < -0.4 is 15.4 Å². The Hall–Kier alpha value is -2.59. The first-order valence-electron chi connectivity index (χ1n) is 7.87. The fourth-order valence-corrected chi connectivity index (χ4v) is 3.10. The molecule has 0 fully saturated rings. The van der Waals surface area contributed by atoms with Gasteiger partial charge in [-0.15, -0.1) is 0 Å². The molecule has 0 saturated heterocycles. The highest BCUT2D eigenvalue weighted by molar-refractivity contribution is 7.80. The molecule has 3 rings (SSSR count). The molecule has 1 atom stereocenters. The van der Waals surface area contributed by atoms with Crippen LogP contribution in [0.3, 0.4) is 0 Å². The Bertz CT molecular complexity index is 858. The van der Waals surface area contributed by atoms with Crippen molar-refractivity contribution in [1.29, 1.82) is 0 Å². The first-order chi connectivity index (χ1) is 11.7. The fraction of sp³-hybridized carbons (Fsp3) is 0.150. The van der Waals surface area contributed by atoms with Crippen LogP contribution in [0.2, 0.25) is 0 Å². The van der Waals surface area contributed by atoms with Gasteiger partial charge in [0.15, 0.2) is 5.11 Å². The van der Waals surface area contributed by atoms with E-state index in [0.29, 0.717) is 5.11 Å². The van der Waals surface area contributed by atoms with Crippen molar-refractivity contribution >= 4 is 33.8 Å². The van der Waals surface area contributed by atoms with Crippen LogP contribution in [-0.2, 0) is 0 Å². The van der Waals surface area contributed by atoms with Crippen molar-refractivity contribution in [2.75, 3.05) is 12.4 Å². The standard InChI is InChI=1S/C20H20N2OS/c1-14(16-11-7-9-15-8-3-4-10-17(15)16)21-20(24)22-18-12-5-6-13-19(18)23-2/h3-14H,1-2H3,(H2,21,22,24). The van der Waals surface area contributed by atoms with E-state index in [0.717, 1.165) is 11.4 Å². The highest BCUT2D eigenvalue weighted by atomic mass is 32.1. The molecule has 0 bridgehead atoms. The molecule has 0 aliphatic carbocycles. The summed E-state index contributed by atoms with van der Waals surface area (Å²) in [5.74, 6) is 0.763. The molecule has 0 heterocycles. The van der Waals surface area contributed by atoms with Gasteiger partial charge in [-0.3, -0.25) is 0 Å². The van der Waals surface area contributed by atoms with Crippen molar-refractivity contribution in [3.63, 3.8) is 0 Å². The van der Waals surface area contributed by atoms with Gasteiger partial charge in [0.2, 0.25) is 0 Å². The van der Waals surface area contributed by atoms with E-state index in [1.807, 2.05) is 24.3 Å². The van der Waals surface area contributed by atoms with E-state index in [2.05, 4.69) is 60.0 Å². The van der Waals surface area contributed by atoms with Crippen molar-refractivity contribution in [3.8, 4) is 5.75 Å². The maximum absolute atomic E-state index is 5.46. The molecule has 122 valence electrons. The second-order valence-corrected chi connectivity index (χ2v) is 6.00. The summed E-state index contributed by atoms with van der Waals surface area (Å²) < 4.78 is 5.34. The summed E-state index contributed by atoms with van der Waals surface area (Å²) in [4.78, 5) is 0. The van der Waals surface area contributed by atoms with Gasteiger partial charge in [-0.25, -0.2) is 0 Å². The Morgan fingerprint density at radius 3 is 2.50 bits per heavy atom. The topological polar surface area (TPSA) is 33.3 Å². The summed E-state index contributed by atoms with van der Waals surface area (Å²) in [5.41, 5.74) is 2.07. The van der Waals surface area contributed by atoms with Crippen LogP contribution in [0, 0.1) is 0 Å². The third-order valence-corrected chi connectivity index (χ3v) is 4.21. The van der Waals surface area contributed by atoms with Gasteiger partial charge in [-0.1, -0.05) is 54.6 Å². The number of para-hydroxylation sites is 2. The predicted molar refractivity (Wildman–Crippen MR) is 105 cm³/mol. The maximum Gasteiger partial charge on any atom is 0.171 e. The lowest BCUT2D eigenvalue weighted by Gasteiger charge is -2.20. The van der Waals surface area contributed by atoms with Gasteiger partial charge in [0.25, 0.3) is 0 Å². The van der Waals surface area contributed by atoms with Gasteiger partial charge in [-0.2, -0.15) is 0 Å². The number of methoxy groups -OCH3 is 1. The van der Waals surface area contributed by atoms with Gasteiger partial charge in [0.05, 0.1) is 18.8 Å². The Labute approximate surface area is 147 Å². The molecule has 2 N–H and O–H groups in total. The summed E-state index contributed by atoms with van der Waals surface area (Å²) in [5, 5.41) is 9.59. The molecule has 0 aromatic heterocycles. The Morgan fingerprint density at radius 2 is 1.67 bits per heavy atom. The number of thiocarbonyl (C=S) groups is 1. The van der Waals surface area contributed by atoms with Crippen LogP contribution in [0.25, 0.3) is 10.8 Å². The first-order valence-corrected chi connectivity index (χ1v) is 8.28. The van der Waals surface area contributed by atoms with E-state index < -0.39 is 0 Å². The second kappa shape index (κ2) is 7.32. The van der Waals surface area contributed by atoms with Gasteiger partial charge in [0.1, 0.15) is 5.75 Å². The quantitative estimate of drug-likeness (QED) is 0.664. The van der Waals surface area contributed by atoms with Crippen LogP contribution in [-0.4, -0.2) is 12.2 Å². The van der Waals surface area contributed by atoms with Crippen molar-refractivity contribution < 1.29 is 4.74 Å². The van der Waals surface area contributed by atoms with Crippen molar-refractivity contribution in [2.45, 2.75) is 13.0 Å². The van der Waals surface area contributed by atoms with E-state index in [9.17, 15) is 0 Å². The minimum Gasteiger partial charge on any atom is -0.495 e. The monoisotopic (exact) mass is 336 g/mol. The summed E-state index contributed by atoms with van der Waals surface area (Å²) in [6.07, 6.45) is 0. The maximum atomic E-state index is 5.46. The molecule has 3 aromatic rings. The van der Waals surface area contributed by atoms with Gasteiger partial charge < -0.3 is 15.4 Å². The van der Waals surface area contributed by atoms with Crippen LogP contribution in [0.1, 0.15) is 18.5 Å². The smallest absolute Gasteiger partial charge is 0.171 e. The third kappa shape index (κ3) is 3.49. The minimum atomic E-state index is 0.0887. The van der Waals surface area contributed by atoms with E-state index >= 15 is 0 Å². The molecule has 1 unspecified atom stereocenters. The lowest BCUT2D eigenvalue weighted by Crippen LogP contribution is -2.31. The molecule has 0 aliphatic rings. The van der Waals surface area contributed by atoms with Crippen molar-refractivity contribution in [2.24, 2.45) is 0 Å². The van der Waals surface area contributed by atoms with E-state index in [4.69, 9.17) is 17.0 Å². The molecule has 3 aromatic carbocycles. The Kier molecular flexibility index (Phi) is 4.96. The van der Waals surface area contributed by atoms with Gasteiger partial charge in [0, 0.05) is 0 Å². The number of nitrogens with one attached hydrogen (secondary N) is 2. The molecule has 0 spiro atoms. The van der Waals surface area contributed by atoms with Crippen molar-refractivity contribution in [3.05, 3.63) is 72.3 Å². The van der Waals surface area contributed by atoms with Crippen LogP contribution in [0.15, 0.2) is 66.7 Å². The largest absolute Gasteiger partial charge is 0.495 e. The van der Waals surface area contributed by atoms with Gasteiger partial charge >= 0.3 is 0 Å². The number of fused-ring (bicyclic) bond motifs is 1. The zero-order chi connectivity index (χ0) is 16.9. The lowest BCUT2D eigenvalue weighted by atomic mass is 10.00. The molecule has 24 heavy (non-hydrogen) atoms.